The number of hydrogen-bond acceptors (Lipinski definition) is 9. The molecule has 0 amide bonds. The van der Waals surface area contributed by atoms with Crippen LogP contribution in [-0.4, -0.2) is 48.0 Å². The predicted molar refractivity (Wildman–Crippen MR) is 71.9 cm³/mol. The van der Waals surface area contributed by atoms with E-state index < -0.39 is 20.2 Å². The molecule has 0 aromatic rings. The van der Waals surface area contributed by atoms with Crippen molar-refractivity contribution in [3.63, 3.8) is 0 Å². The summed E-state index contributed by atoms with van der Waals surface area (Å²) in [7, 11) is -5.90. The third-order valence-corrected chi connectivity index (χ3v) is 2.18. The summed E-state index contributed by atoms with van der Waals surface area (Å²) in [5, 5.41) is 15.4. The summed E-state index contributed by atoms with van der Waals surface area (Å²) in [6.45, 7) is 7.02. The van der Waals surface area contributed by atoms with Gasteiger partial charge in [0.05, 0.1) is 13.2 Å². The van der Waals surface area contributed by atoms with Crippen molar-refractivity contribution in [2.75, 3.05) is 13.2 Å². The Morgan fingerprint density at radius 2 is 1.09 bits per heavy atom. The number of carbonyl (C=O) groups is 1. The number of carbonyl (C=O) groups excluding carboxylic acids is 1. The molecule has 0 aliphatic carbocycles. The molecule has 0 spiro atoms. The largest absolute Gasteiger partial charge is 1.00 e. The van der Waals surface area contributed by atoms with E-state index in [2.05, 4.69) is 9.78 Å². The molecule has 0 bridgehead atoms. The number of unbranched alkanes of at least 4 members (excludes halogenated alkanes) is 2. The van der Waals surface area contributed by atoms with Crippen LogP contribution in [0, 0.1) is 0 Å². The van der Waals surface area contributed by atoms with Crippen LogP contribution in [0.4, 0.5) is 0 Å². The third kappa shape index (κ3) is 67.9. The normalized spacial score (nSPS) is 10.5. The summed E-state index contributed by atoms with van der Waals surface area (Å²) in [6.07, 6.45) is 4.02. The van der Waals surface area contributed by atoms with E-state index >= 15 is 0 Å². The Balaban J connectivity index is -0.0000000395. The zero-order valence-corrected chi connectivity index (χ0v) is 19.2. The van der Waals surface area contributed by atoms with Gasteiger partial charge in [-0.05, 0) is 12.8 Å². The first-order valence-corrected chi connectivity index (χ1v) is 8.15. The van der Waals surface area contributed by atoms with Gasteiger partial charge in [-0.3, -0.25) is 18.9 Å². The minimum Gasteiger partial charge on any atom is -0.763 e. The average molecular weight is 384 g/mol. The maximum atomic E-state index is 9.09. The minimum absolute atomic E-state index is 0. The van der Waals surface area contributed by atoms with Gasteiger partial charge in [0, 0.05) is 20.2 Å². The van der Waals surface area contributed by atoms with Crippen molar-refractivity contribution in [2.45, 2.75) is 39.5 Å². The molecular formula is C9H22Na2O9S2. The van der Waals surface area contributed by atoms with Crippen molar-refractivity contribution in [1.29, 1.82) is 0 Å². The Kier molecular flexibility index (Phi) is 76.9. The van der Waals surface area contributed by atoms with Crippen LogP contribution >= 0.6 is 0 Å². The van der Waals surface area contributed by atoms with Crippen LogP contribution in [0.5, 0.6) is 0 Å². The first-order valence-electron chi connectivity index (χ1n) is 5.48. The van der Waals surface area contributed by atoms with Gasteiger partial charge in [-0.1, -0.05) is 26.7 Å². The molecular weight excluding hydrogens is 362 g/mol. The van der Waals surface area contributed by atoms with Gasteiger partial charge in [-0.15, -0.1) is 0 Å². The molecule has 0 saturated heterocycles. The zero-order valence-electron chi connectivity index (χ0n) is 13.5. The first-order chi connectivity index (χ1) is 9.47. The molecule has 126 valence electrons. The van der Waals surface area contributed by atoms with Crippen LogP contribution in [0.15, 0.2) is 0 Å². The van der Waals surface area contributed by atoms with Crippen LogP contribution in [0.2, 0.25) is 0 Å². The summed E-state index contributed by atoms with van der Waals surface area (Å²) in [5.41, 5.74) is 0. The second-order valence-corrected chi connectivity index (χ2v) is 5.23. The topological polar surface area (TPSA) is 156 Å². The molecule has 0 radical (unpaired) electrons. The zero-order chi connectivity index (χ0) is 16.8. The van der Waals surface area contributed by atoms with Gasteiger partial charge in [0.25, 0.3) is 0 Å². The maximum Gasteiger partial charge on any atom is 1.00 e. The molecule has 0 aliphatic rings. The minimum atomic E-state index is -2.95. The van der Waals surface area contributed by atoms with E-state index in [1.807, 2.05) is 20.6 Å². The fraction of sp³-hybridized carbons (Fsp3) is 0.889. The second kappa shape index (κ2) is 43.4. The van der Waals surface area contributed by atoms with E-state index in [9.17, 15) is 0 Å². The summed E-state index contributed by atoms with van der Waals surface area (Å²) >= 11 is 0. The van der Waals surface area contributed by atoms with Crippen molar-refractivity contribution in [2.24, 2.45) is 0 Å². The molecule has 0 aliphatic heterocycles. The molecule has 0 rings (SSSR count). The van der Waals surface area contributed by atoms with Gasteiger partial charge in [0.1, 0.15) is 6.79 Å². The molecule has 0 saturated carbocycles. The van der Waals surface area contributed by atoms with Crippen molar-refractivity contribution in [3.05, 3.63) is 0 Å². The smallest absolute Gasteiger partial charge is 0.763 e. The van der Waals surface area contributed by atoms with E-state index in [0.29, 0.717) is 13.2 Å². The molecule has 13 heteroatoms. The average Bonchev–Trinajstić information content (AvgIpc) is 2.46. The second-order valence-electron chi connectivity index (χ2n) is 2.78. The fourth-order valence-electron chi connectivity index (χ4n) is 0.418. The molecule has 9 nitrogen and oxygen atoms in total. The fourth-order valence-corrected chi connectivity index (χ4v) is 0.418. The summed E-state index contributed by atoms with van der Waals surface area (Å²) < 4.78 is 36.3. The van der Waals surface area contributed by atoms with Gasteiger partial charge in [0.2, 0.25) is 0 Å². The van der Waals surface area contributed by atoms with Crippen molar-refractivity contribution >= 4 is 27.0 Å². The Labute approximate surface area is 179 Å². The Bertz CT molecular complexity index is 186. The van der Waals surface area contributed by atoms with Crippen molar-refractivity contribution in [3.8, 4) is 0 Å². The van der Waals surface area contributed by atoms with Gasteiger partial charge in [0.15, 0.2) is 0 Å². The monoisotopic (exact) mass is 384 g/mol. The van der Waals surface area contributed by atoms with Crippen LogP contribution in [0.25, 0.3) is 0 Å². The van der Waals surface area contributed by atoms with E-state index in [1.165, 1.54) is 0 Å². The summed E-state index contributed by atoms with van der Waals surface area (Å²) in [6, 6.07) is 0. The van der Waals surface area contributed by atoms with Crippen LogP contribution < -0.4 is 59.1 Å². The molecule has 2 atom stereocenters. The quantitative estimate of drug-likeness (QED) is 0.110. The Hall–Kier alpha value is 1.73. The molecule has 0 fully saturated rings. The van der Waals surface area contributed by atoms with E-state index in [0.717, 1.165) is 25.7 Å². The first kappa shape index (κ1) is 39.0. The Morgan fingerprint density at radius 3 is 1.14 bits per heavy atom. The van der Waals surface area contributed by atoms with E-state index in [4.69, 9.17) is 32.8 Å². The third-order valence-electron chi connectivity index (χ3n) is 1.29. The predicted octanol–water partition coefficient (Wildman–Crippen LogP) is -4.97. The van der Waals surface area contributed by atoms with Gasteiger partial charge in [-0.25, -0.2) is 9.78 Å². The van der Waals surface area contributed by atoms with Crippen molar-refractivity contribution in [1.82, 2.24) is 0 Å². The summed E-state index contributed by atoms with van der Waals surface area (Å²) in [4.78, 5) is 15.6. The van der Waals surface area contributed by atoms with Crippen LogP contribution in [0.1, 0.15) is 39.5 Å². The number of hydrogen-bond donors (Lipinski definition) is 2. The Morgan fingerprint density at radius 1 is 0.864 bits per heavy atom. The van der Waals surface area contributed by atoms with E-state index in [1.54, 1.807) is 0 Å². The molecule has 0 heterocycles. The summed E-state index contributed by atoms with van der Waals surface area (Å²) in [5.74, 6) is 0. The van der Waals surface area contributed by atoms with Crippen molar-refractivity contribution < 1.29 is 102 Å². The molecule has 0 aromatic carbocycles. The molecule has 2 N–H and O–H groups in total. The van der Waals surface area contributed by atoms with Crippen LogP contribution in [0.3, 0.4) is 0 Å². The standard InChI is InChI=1S/2C4H10O2.CH2O.2Na.H2O4S2/c2*1-2-3-4-6-5;1-2;;;1-5(2)6(3)4/h2*5H,2-4H2,1H3;1H2;;;(H,1,2)(H,3,4)/q;;;2*+1;/p-2. The van der Waals surface area contributed by atoms with Gasteiger partial charge in [-0.2, -0.15) is 0 Å². The molecule has 2 unspecified atom stereocenters. The number of rotatable bonds is 7. The molecule has 22 heavy (non-hydrogen) atoms. The van der Waals surface area contributed by atoms with E-state index in [-0.39, 0.29) is 59.1 Å². The SMILES string of the molecule is C=O.CCCCOO.CCCCOO.O=S([O-])S(=O)[O-].[Na+].[Na+]. The maximum absolute atomic E-state index is 9.09. The van der Waals surface area contributed by atoms with Gasteiger partial charge >= 0.3 is 59.1 Å². The van der Waals surface area contributed by atoms with Gasteiger partial charge < -0.3 is 13.9 Å². The van der Waals surface area contributed by atoms with Crippen LogP contribution in [-0.2, 0) is 34.8 Å². The molecule has 0 aromatic heterocycles.